The summed E-state index contributed by atoms with van der Waals surface area (Å²) in [5, 5.41) is 3.84. The predicted octanol–water partition coefficient (Wildman–Crippen LogP) is 2.93. The maximum atomic E-state index is 12.0. The van der Waals surface area contributed by atoms with E-state index in [2.05, 4.69) is 15.3 Å². The Bertz CT molecular complexity index is 825. The third-order valence-corrected chi connectivity index (χ3v) is 3.29. The molecule has 0 amide bonds. The number of hydrogen-bond donors (Lipinski definition) is 2. The lowest BCUT2D eigenvalue weighted by Gasteiger charge is -2.08. The van der Waals surface area contributed by atoms with Gasteiger partial charge in [0.1, 0.15) is 11.6 Å². The van der Waals surface area contributed by atoms with E-state index in [9.17, 15) is 4.79 Å². The Kier molecular flexibility index (Phi) is 4.05. The Morgan fingerprint density at radius 3 is 2.68 bits per heavy atom. The highest BCUT2D eigenvalue weighted by molar-refractivity contribution is 5.77. The Labute approximate surface area is 128 Å². The van der Waals surface area contributed by atoms with Crippen LogP contribution in [0, 0.1) is 0 Å². The van der Waals surface area contributed by atoms with Gasteiger partial charge < -0.3 is 15.0 Å². The van der Waals surface area contributed by atoms with E-state index in [4.69, 9.17) is 4.74 Å². The topological polar surface area (TPSA) is 67.0 Å². The van der Waals surface area contributed by atoms with Gasteiger partial charge >= 0.3 is 0 Å². The normalized spacial score (nSPS) is 10.6. The number of nitrogens with one attached hydrogen (secondary N) is 2. The second-order valence-corrected chi connectivity index (χ2v) is 4.84. The fourth-order valence-corrected chi connectivity index (χ4v) is 2.24. The predicted molar refractivity (Wildman–Crippen MR) is 87.3 cm³/mol. The van der Waals surface area contributed by atoms with Crippen LogP contribution in [0.2, 0.25) is 0 Å². The zero-order valence-corrected chi connectivity index (χ0v) is 12.3. The van der Waals surface area contributed by atoms with Crippen LogP contribution in [0.5, 0.6) is 5.75 Å². The number of anilines is 1. The van der Waals surface area contributed by atoms with Crippen molar-refractivity contribution in [3.05, 3.63) is 64.7 Å². The van der Waals surface area contributed by atoms with Gasteiger partial charge in [0.15, 0.2) is 0 Å². The molecule has 0 aliphatic heterocycles. The van der Waals surface area contributed by atoms with Gasteiger partial charge in [0.05, 0.1) is 24.1 Å². The molecule has 2 aromatic carbocycles. The van der Waals surface area contributed by atoms with E-state index in [0.717, 1.165) is 11.4 Å². The van der Waals surface area contributed by atoms with Gasteiger partial charge in [-0.05, 0) is 43.3 Å². The van der Waals surface area contributed by atoms with Crippen molar-refractivity contribution >= 4 is 16.6 Å². The highest BCUT2D eigenvalue weighted by Crippen LogP contribution is 2.16. The Hall–Kier alpha value is -2.82. The maximum absolute atomic E-state index is 12.0. The standard InChI is InChI=1S/C17H17N3O2/c1-2-22-13-9-7-12(8-10-13)18-11-16-19-15-6-4-3-5-14(15)17(21)20-16/h3-10,18H,2,11H2,1H3,(H,19,20,21). The maximum Gasteiger partial charge on any atom is 0.258 e. The molecule has 3 rings (SSSR count). The van der Waals surface area contributed by atoms with Crippen LogP contribution in [0.15, 0.2) is 53.3 Å². The summed E-state index contributed by atoms with van der Waals surface area (Å²) in [4.78, 5) is 19.2. The first kappa shape index (κ1) is 14.1. The molecule has 0 spiro atoms. The number of nitrogens with zero attached hydrogens (tertiary/aromatic N) is 1. The van der Waals surface area contributed by atoms with Crippen LogP contribution in [0.25, 0.3) is 10.9 Å². The van der Waals surface area contributed by atoms with Crippen LogP contribution in [0.4, 0.5) is 5.69 Å². The zero-order chi connectivity index (χ0) is 15.4. The van der Waals surface area contributed by atoms with Crippen LogP contribution >= 0.6 is 0 Å². The highest BCUT2D eigenvalue weighted by atomic mass is 16.5. The quantitative estimate of drug-likeness (QED) is 0.759. The first-order valence-electron chi connectivity index (χ1n) is 7.21. The van der Waals surface area contributed by atoms with E-state index in [0.29, 0.717) is 29.9 Å². The fourth-order valence-electron chi connectivity index (χ4n) is 2.24. The van der Waals surface area contributed by atoms with Gasteiger partial charge in [-0.3, -0.25) is 4.79 Å². The van der Waals surface area contributed by atoms with Crippen LogP contribution in [0.1, 0.15) is 12.7 Å². The summed E-state index contributed by atoms with van der Waals surface area (Å²) >= 11 is 0. The van der Waals surface area contributed by atoms with E-state index in [1.807, 2.05) is 49.4 Å². The molecule has 0 bridgehead atoms. The van der Waals surface area contributed by atoms with Gasteiger partial charge in [-0.15, -0.1) is 0 Å². The smallest absolute Gasteiger partial charge is 0.258 e. The molecule has 3 aromatic rings. The molecule has 0 fully saturated rings. The Balaban J connectivity index is 1.74. The molecule has 112 valence electrons. The van der Waals surface area contributed by atoms with Gasteiger partial charge in [-0.2, -0.15) is 0 Å². The first-order valence-corrected chi connectivity index (χ1v) is 7.21. The van der Waals surface area contributed by atoms with E-state index in [1.54, 1.807) is 6.07 Å². The second-order valence-electron chi connectivity index (χ2n) is 4.84. The third-order valence-electron chi connectivity index (χ3n) is 3.29. The van der Waals surface area contributed by atoms with Gasteiger partial charge in [-0.1, -0.05) is 12.1 Å². The summed E-state index contributed by atoms with van der Waals surface area (Å²) in [6.45, 7) is 3.05. The molecule has 0 saturated heterocycles. The molecule has 1 heterocycles. The van der Waals surface area contributed by atoms with Crippen molar-refractivity contribution in [2.24, 2.45) is 0 Å². The summed E-state index contributed by atoms with van der Waals surface area (Å²) < 4.78 is 5.40. The molecular formula is C17H17N3O2. The molecule has 0 aliphatic carbocycles. The molecule has 0 unspecified atom stereocenters. The van der Waals surface area contributed by atoms with Crippen molar-refractivity contribution in [1.29, 1.82) is 0 Å². The molecule has 0 aliphatic rings. The zero-order valence-electron chi connectivity index (χ0n) is 12.3. The summed E-state index contributed by atoms with van der Waals surface area (Å²) in [5.74, 6) is 1.45. The lowest BCUT2D eigenvalue weighted by molar-refractivity contribution is 0.340. The number of rotatable bonds is 5. The first-order chi connectivity index (χ1) is 10.8. The number of H-pyrrole nitrogens is 1. The monoisotopic (exact) mass is 295 g/mol. The van der Waals surface area contributed by atoms with Crippen molar-refractivity contribution in [1.82, 2.24) is 9.97 Å². The Morgan fingerprint density at radius 1 is 1.14 bits per heavy atom. The molecule has 2 N–H and O–H groups in total. The van der Waals surface area contributed by atoms with Crippen LogP contribution < -0.4 is 15.6 Å². The highest BCUT2D eigenvalue weighted by Gasteiger charge is 2.03. The largest absolute Gasteiger partial charge is 0.494 e. The number of aromatic amines is 1. The number of fused-ring (bicyclic) bond motifs is 1. The van der Waals surface area contributed by atoms with Crippen molar-refractivity contribution in [2.45, 2.75) is 13.5 Å². The summed E-state index contributed by atoms with van der Waals surface area (Å²) in [7, 11) is 0. The van der Waals surface area contributed by atoms with Gasteiger partial charge in [0.2, 0.25) is 0 Å². The SMILES string of the molecule is CCOc1ccc(NCc2nc3ccccc3c(=O)[nH]2)cc1. The minimum Gasteiger partial charge on any atom is -0.494 e. The van der Waals surface area contributed by atoms with Crippen molar-refractivity contribution < 1.29 is 4.74 Å². The van der Waals surface area contributed by atoms with E-state index in [1.165, 1.54) is 0 Å². The number of ether oxygens (including phenoxy) is 1. The van der Waals surface area contributed by atoms with Crippen molar-refractivity contribution in [3.63, 3.8) is 0 Å². The molecule has 5 nitrogen and oxygen atoms in total. The number of aromatic nitrogens is 2. The average Bonchev–Trinajstić information content (AvgIpc) is 2.55. The Morgan fingerprint density at radius 2 is 1.91 bits per heavy atom. The van der Waals surface area contributed by atoms with E-state index in [-0.39, 0.29) is 5.56 Å². The molecule has 22 heavy (non-hydrogen) atoms. The van der Waals surface area contributed by atoms with E-state index >= 15 is 0 Å². The van der Waals surface area contributed by atoms with E-state index < -0.39 is 0 Å². The summed E-state index contributed by atoms with van der Waals surface area (Å²) in [6.07, 6.45) is 0. The van der Waals surface area contributed by atoms with Crippen molar-refractivity contribution in [3.8, 4) is 5.75 Å². The number of para-hydroxylation sites is 1. The number of benzene rings is 2. The van der Waals surface area contributed by atoms with Crippen LogP contribution in [-0.2, 0) is 6.54 Å². The molecule has 0 atom stereocenters. The summed E-state index contributed by atoms with van der Waals surface area (Å²) in [5.41, 5.74) is 1.53. The van der Waals surface area contributed by atoms with Gasteiger partial charge in [0.25, 0.3) is 5.56 Å². The van der Waals surface area contributed by atoms with Gasteiger partial charge in [0, 0.05) is 5.69 Å². The third kappa shape index (κ3) is 3.09. The number of hydrogen-bond acceptors (Lipinski definition) is 4. The van der Waals surface area contributed by atoms with Gasteiger partial charge in [-0.25, -0.2) is 4.98 Å². The molecular weight excluding hydrogens is 278 g/mol. The lowest BCUT2D eigenvalue weighted by Crippen LogP contribution is -2.14. The average molecular weight is 295 g/mol. The lowest BCUT2D eigenvalue weighted by atomic mass is 10.2. The van der Waals surface area contributed by atoms with Crippen molar-refractivity contribution in [2.75, 3.05) is 11.9 Å². The minimum absolute atomic E-state index is 0.117. The fraction of sp³-hybridized carbons (Fsp3) is 0.176. The molecule has 1 aromatic heterocycles. The molecule has 0 radical (unpaired) electrons. The van der Waals surface area contributed by atoms with Crippen LogP contribution in [-0.4, -0.2) is 16.6 Å². The van der Waals surface area contributed by atoms with Crippen LogP contribution in [0.3, 0.4) is 0 Å². The summed E-state index contributed by atoms with van der Waals surface area (Å²) in [6, 6.07) is 15.0. The second kappa shape index (κ2) is 6.30. The minimum atomic E-state index is -0.117. The molecule has 0 saturated carbocycles. The molecule has 5 heteroatoms.